The summed E-state index contributed by atoms with van der Waals surface area (Å²) in [5.41, 5.74) is 5.55. The fraction of sp³-hybridized carbons (Fsp3) is 0.818. The van der Waals surface area contributed by atoms with Gasteiger partial charge < -0.3 is 15.8 Å². The highest BCUT2D eigenvalue weighted by Gasteiger charge is 2.15. The van der Waals surface area contributed by atoms with Gasteiger partial charge in [-0.3, -0.25) is 4.79 Å². The molecule has 0 aromatic rings. The van der Waals surface area contributed by atoms with Gasteiger partial charge in [-0.15, -0.1) is 0 Å². The number of methoxy groups -OCH3 is 1. The normalized spacial score (nSPS) is 14.2. The Morgan fingerprint density at radius 3 is 2.62 bits per heavy atom. The summed E-state index contributed by atoms with van der Waals surface area (Å²) in [6.45, 7) is 4.59. The van der Waals surface area contributed by atoms with E-state index in [-0.39, 0.29) is 17.9 Å². The van der Waals surface area contributed by atoms with E-state index in [9.17, 15) is 4.79 Å². The molecule has 94 valence electrons. The van der Waals surface area contributed by atoms with Crippen molar-refractivity contribution in [3.8, 4) is 0 Å². The summed E-state index contributed by atoms with van der Waals surface area (Å²) in [6, 6.07) is -0.178. The van der Waals surface area contributed by atoms with E-state index in [1.807, 2.05) is 13.8 Å². The summed E-state index contributed by atoms with van der Waals surface area (Å²) in [5, 5.41) is 2.85. The molecule has 2 atom stereocenters. The van der Waals surface area contributed by atoms with Crippen LogP contribution in [0, 0.1) is 5.92 Å². The van der Waals surface area contributed by atoms with Crippen LogP contribution in [0.5, 0.6) is 0 Å². The highest BCUT2D eigenvalue weighted by Crippen LogP contribution is 2.04. The van der Waals surface area contributed by atoms with Crippen LogP contribution in [-0.2, 0) is 9.53 Å². The number of thiocarbonyl (C=S) groups is 1. The third-order valence-corrected chi connectivity index (χ3v) is 2.53. The fourth-order valence-electron chi connectivity index (χ4n) is 1.49. The van der Waals surface area contributed by atoms with E-state index < -0.39 is 0 Å². The molecule has 0 saturated carbocycles. The van der Waals surface area contributed by atoms with Gasteiger partial charge >= 0.3 is 0 Å². The topological polar surface area (TPSA) is 64.3 Å². The molecule has 0 aromatic heterocycles. The van der Waals surface area contributed by atoms with E-state index in [0.717, 1.165) is 12.8 Å². The molecule has 0 spiro atoms. The molecule has 5 heteroatoms. The van der Waals surface area contributed by atoms with Crippen molar-refractivity contribution in [2.45, 2.75) is 39.2 Å². The molecule has 2 unspecified atom stereocenters. The molecule has 0 aliphatic carbocycles. The van der Waals surface area contributed by atoms with Gasteiger partial charge in [0.1, 0.15) is 0 Å². The number of nitrogens with one attached hydrogen (secondary N) is 1. The Labute approximate surface area is 103 Å². The quantitative estimate of drug-likeness (QED) is 0.632. The van der Waals surface area contributed by atoms with E-state index in [1.165, 1.54) is 0 Å². The number of nitrogens with two attached hydrogens (primary N) is 1. The number of carbonyl (C=O) groups excluding carboxylic acids is 1. The lowest BCUT2D eigenvalue weighted by Crippen LogP contribution is -2.43. The van der Waals surface area contributed by atoms with Crippen LogP contribution in [0.2, 0.25) is 0 Å². The van der Waals surface area contributed by atoms with Gasteiger partial charge in [-0.1, -0.05) is 32.5 Å². The summed E-state index contributed by atoms with van der Waals surface area (Å²) in [7, 11) is 1.63. The average molecular weight is 246 g/mol. The van der Waals surface area contributed by atoms with Crippen molar-refractivity contribution < 1.29 is 9.53 Å². The third-order valence-electron chi connectivity index (χ3n) is 2.24. The largest absolute Gasteiger partial charge is 0.392 e. The lowest BCUT2D eigenvalue weighted by Gasteiger charge is -2.18. The van der Waals surface area contributed by atoms with Crippen molar-refractivity contribution in [2.75, 3.05) is 13.7 Å². The Kier molecular flexibility index (Phi) is 8.11. The number of ether oxygens (including phenoxy) is 1. The lowest BCUT2D eigenvalue weighted by molar-refractivity contribution is -0.122. The maximum Gasteiger partial charge on any atom is 0.220 e. The van der Waals surface area contributed by atoms with E-state index in [1.54, 1.807) is 7.11 Å². The van der Waals surface area contributed by atoms with Crippen molar-refractivity contribution in [3.05, 3.63) is 0 Å². The predicted octanol–water partition coefficient (Wildman–Crippen LogP) is 1.23. The molecule has 0 radical (unpaired) electrons. The minimum absolute atomic E-state index is 0.0178. The van der Waals surface area contributed by atoms with Gasteiger partial charge in [0.05, 0.1) is 11.0 Å². The van der Waals surface area contributed by atoms with Gasteiger partial charge in [-0.25, -0.2) is 0 Å². The Bertz CT molecular complexity index is 234. The highest BCUT2D eigenvalue weighted by atomic mass is 32.1. The summed E-state index contributed by atoms with van der Waals surface area (Å²) < 4.78 is 4.97. The van der Waals surface area contributed by atoms with Crippen LogP contribution < -0.4 is 11.1 Å². The standard InChI is InChI=1S/C11H22N2O2S/c1-4-5-9(11(12)16)13-10(14)6-8(2)7-15-3/h8-9H,4-7H2,1-3H3,(H2,12,16)(H,13,14). The Morgan fingerprint density at radius 2 is 2.19 bits per heavy atom. The molecule has 3 N–H and O–H groups in total. The van der Waals surface area contributed by atoms with Gasteiger partial charge in [0.2, 0.25) is 5.91 Å². The van der Waals surface area contributed by atoms with Crippen LogP contribution in [0.25, 0.3) is 0 Å². The van der Waals surface area contributed by atoms with Crippen molar-refractivity contribution in [3.63, 3.8) is 0 Å². The Hall–Kier alpha value is -0.680. The Balaban J connectivity index is 4.04. The van der Waals surface area contributed by atoms with Crippen LogP contribution in [0.4, 0.5) is 0 Å². The minimum atomic E-state index is -0.178. The van der Waals surface area contributed by atoms with Gasteiger partial charge in [0, 0.05) is 20.1 Å². The zero-order valence-corrected chi connectivity index (χ0v) is 11.1. The molecule has 0 rings (SSSR count). The van der Waals surface area contributed by atoms with Gasteiger partial charge in [-0.05, 0) is 12.3 Å². The molecule has 4 nitrogen and oxygen atoms in total. The molecule has 0 fully saturated rings. The predicted molar refractivity (Wildman–Crippen MR) is 69.3 cm³/mol. The molecule has 1 amide bonds. The number of rotatable bonds is 8. The lowest BCUT2D eigenvalue weighted by atomic mass is 10.1. The van der Waals surface area contributed by atoms with E-state index in [2.05, 4.69) is 5.32 Å². The van der Waals surface area contributed by atoms with Gasteiger partial charge in [0.15, 0.2) is 0 Å². The van der Waals surface area contributed by atoms with Crippen LogP contribution in [0.1, 0.15) is 33.1 Å². The fourth-order valence-corrected chi connectivity index (χ4v) is 1.66. The first kappa shape index (κ1) is 15.3. The summed E-state index contributed by atoms with van der Waals surface area (Å²) in [4.78, 5) is 12.0. The van der Waals surface area contributed by atoms with Crippen molar-refractivity contribution in [1.82, 2.24) is 5.32 Å². The first-order chi connectivity index (χ1) is 7.51. The van der Waals surface area contributed by atoms with Gasteiger partial charge in [-0.2, -0.15) is 0 Å². The number of hydrogen-bond acceptors (Lipinski definition) is 3. The SMILES string of the molecule is CCCC(NC(=O)CC(C)COC)C(N)=S. The van der Waals surface area contributed by atoms with Crippen LogP contribution in [0.3, 0.4) is 0 Å². The smallest absolute Gasteiger partial charge is 0.220 e. The van der Waals surface area contributed by atoms with Gasteiger partial charge in [0.25, 0.3) is 0 Å². The van der Waals surface area contributed by atoms with Crippen LogP contribution in [-0.4, -0.2) is 30.7 Å². The van der Waals surface area contributed by atoms with Crippen molar-refractivity contribution >= 4 is 23.1 Å². The molecule has 16 heavy (non-hydrogen) atoms. The van der Waals surface area contributed by atoms with E-state index in [0.29, 0.717) is 18.0 Å². The van der Waals surface area contributed by atoms with E-state index >= 15 is 0 Å². The number of amides is 1. The molecule has 0 saturated heterocycles. The van der Waals surface area contributed by atoms with Crippen LogP contribution >= 0.6 is 12.2 Å². The summed E-state index contributed by atoms with van der Waals surface area (Å²) >= 11 is 4.90. The first-order valence-electron chi connectivity index (χ1n) is 5.58. The third kappa shape index (κ3) is 6.74. The monoisotopic (exact) mass is 246 g/mol. The highest BCUT2D eigenvalue weighted by molar-refractivity contribution is 7.80. The molecule has 0 aromatic carbocycles. The van der Waals surface area contributed by atoms with Crippen LogP contribution in [0.15, 0.2) is 0 Å². The zero-order chi connectivity index (χ0) is 12.6. The Morgan fingerprint density at radius 1 is 1.56 bits per heavy atom. The maximum atomic E-state index is 11.6. The molecular weight excluding hydrogens is 224 g/mol. The second-order valence-electron chi connectivity index (χ2n) is 4.08. The maximum absolute atomic E-state index is 11.6. The second-order valence-corrected chi connectivity index (χ2v) is 4.55. The summed E-state index contributed by atoms with van der Waals surface area (Å²) in [5.74, 6) is 0.189. The average Bonchev–Trinajstić information content (AvgIpc) is 2.16. The molecule has 0 aliphatic heterocycles. The minimum Gasteiger partial charge on any atom is -0.392 e. The number of hydrogen-bond donors (Lipinski definition) is 2. The molecule has 0 aliphatic rings. The molecular formula is C11H22N2O2S. The number of carbonyl (C=O) groups is 1. The van der Waals surface area contributed by atoms with E-state index in [4.69, 9.17) is 22.7 Å². The summed E-state index contributed by atoms with van der Waals surface area (Å²) in [6.07, 6.45) is 2.17. The zero-order valence-electron chi connectivity index (χ0n) is 10.3. The van der Waals surface area contributed by atoms with Crippen molar-refractivity contribution in [2.24, 2.45) is 11.7 Å². The molecule has 0 heterocycles. The second kappa shape index (κ2) is 8.47. The molecule has 0 bridgehead atoms. The first-order valence-corrected chi connectivity index (χ1v) is 5.99. The van der Waals surface area contributed by atoms with Crippen molar-refractivity contribution in [1.29, 1.82) is 0 Å².